The molecular weight excluding hydrogens is 178 g/mol. The summed E-state index contributed by atoms with van der Waals surface area (Å²) >= 11 is 5.94. The van der Waals surface area contributed by atoms with Crippen molar-refractivity contribution in [2.24, 2.45) is 11.7 Å². The highest BCUT2D eigenvalue weighted by molar-refractivity contribution is 6.23. The van der Waals surface area contributed by atoms with E-state index in [9.17, 15) is 4.79 Å². The van der Waals surface area contributed by atoms with Gasteiger partial charge in [-0.15, -0.1) is 11.6 Å². The molecule has 4 heteroatoms. The average molecular weight is 194 g/mol. The summed E-state index contributed by atoms with van der Waals surface area (Å²) in [7, 11) is 0. The maximum Gasteiger partial charge on any atom is 0.303 e. The van der Waals surface area contributed by atoms with Gasteiger partial charge < -0.3 is 10.8 Å². The van der Waals surface area contributed by atoms with Gasteiger partial charge in [-0.05, 0) is 32.7 Å². The van der Waals surface area contributed by atoms with Crippen molar-refractivity contribution in [1.29, 1.82) is 0 Å². The van der Waals surface area contributed by atoms with E-state index in [2.05, 4.69) is 0 Å². The minimum atomic E-state index is -0.814. The average Bonchev–Trinajstić information content (AvgIpc) is 1.82. The summed E-state index contributed by atoms with van der Waals surface area (Å²) in [5.74, 6) is -0.832. The first kappa shape index (κ1) is 11.7. The fourth-order valence-electron chi connectivity index (χ4n) is 1.17. The van der Waals surface area contributed by atoms with Crippen molar-refractivity contribution in [2.75, 3.05) is 6.54 Å². The number of halogens is 1. The molecule has 0 aliphatic heterocycles. The van der Waals surface area contributed by atoms with Gasteiger partial charge >= 0.3 is 5.97 Å². The van der Waals surface area contributed by atoms with Gasteiger partial charge in [0.2, 0.25) is 0 Å². The van der Waals surface area contributed by atoms with E-state index in [1.807, 2.05) is 13.8 Å². The summed E-state index contributed by atoms with van der Waals surface area (Å²) in [5, 5.41) is 8.51. The van der Waals surface area contributed by atoms with Gasteiger partial charge in [0.15, 0.2) is 0 Å². The summed E-state index contributed by atoms with van der Waals surface area (Å²) in [6.07, 6.45) is 0.740. The highest BCUT2D eigenvalue weighted by Crippen LogP contribution is 2.24. The molecule has 72 valence electrons. The van der Waals surface area contributed by atoms with E-state index in [-0.39, 0.29) is 17.2 Å². The number of alkyl halides is 1. The van der Waals surface area contributed by atoms with Crippen LogP contribution in [0.25, 0.3) is 0 Å². The molecule has 1 unspecified atom stereocenters. The Labute approximate surface area is 77.9 Å². The molecule has 0 aliphatic carbocycles. The monoisotopic (exact) mass is 193 g/mol. The van der Waals surface area contributed by atoms with Crippen molar-refractivity contribution in [3.63, 3.8) is 0 Å². The second-order valence-electron chi connectivity index (χ2n) is 3.62. The first-order valence-corrected chi connectivity index (χ1v) is 4.33. The molecule has 3 N–H and O–H groups in total. The molecule has 0 bridgehead atoms. The second kappa shape index (κ2) is 4.67. The summed E-state index contributed by atoms with van der Waals surface area (Å²) in [6.45, 7) is 4.10. The first-order valence-electron chi connectivity index (χ1n) is 3.96. The Hall–Kier alpha value is -0.280. The van der Waals surface area contributed by atoms with Gasteiger partial charge in [0.05, 0.1) is 0 Å². The Kier molecular flexibility index (Phi) is 4.57. The molecule has 0 aliphatic rings. The third-order valence-corrected chi connectivity index (χ3v) is 1.73. The van der Waals surface area contributed by atoms with Crippen LogP contribution in [0.5, 0.6) is 0 Å². The van der Waals surface area contributed by atoms with Crippen LogP contribution in [0.1, 0.15) is 26.7 Å². The summed E-state index contributed by atoms with van der Waals surface area (Å²) in [6, 6.07) is 0. The van der Waals surface area contributed by atoms with Crippen molar-refractivity contribution in [2.45, 2.75) is 31.6 Å². The van der Waals surface area contributed by atoms with Gasteiger partial charge in [0.1, 0.15) is 0 Å². The predicted octanol–water partition coefficient (Wildman–Crippen LogP) is 1.44. The molecule has 1 atom stereocenters. The van der Waals surface area contributed by atoms with Crippen LogP contribution in [0, 0.1) is 5.92 Å². The van der Waals surface area contributed by atoms with E-state index in [1.165, 1.54) is 0 Å². The molecule has 0 radical (unpaired) electrons. The molecule has 0 amide bonds. The lowest BCUT2D eigenvalue weighted by Crippen LogP contribution is -2.25. The fraction of sp³-hybridized carbons (Fsp3) is 0.875. The minimum absolute atomic E-state index is 0.0185. The SMILES string of the molecule is CC(C)(Cl)CC(CN)CC(=O)O. The third kappa shape index (κ3) is 6.43. The number of carboxylic acid groups (broad SMARTS) is 1. The Balaban J connectivity index is 3.92. The van der Waals surface area contributed by atoms with Gasteiger partial charge in [-0.25, -0.2) is 0 Å². The summed E-state index contributed by atoms with van der Waals surface area (Å²) < 4.78 is 0. The maximum atomic E-state index is 10.4. The van der Waals surface area contributed by atoms with E-state index >= 15 is 0 Å². The zero-order chi connectivity index (χ0) is 9.78. The van der Waals surface area contributed by atoms with E-state index in [4.69, 9.17) is 22.4 Å². The van der Waals surface area contributed by atoms with Crippen LogP contribution < -0.4 is 5.73 Å². The van der Waals surface area contributed by atoms with Crippen molar-refractivity contribution in [3.8, 4) is 0 Å². The lowest BCUT2D eigenvalue weighted by atomic mass is 9.94. The zero-order valence-corrected chi connectivity index (χ0v) is 8.27. The minimum Gasteiger partial charge on any atom is -0.481 e. The molecule has 0 saturated heterocycles. The third-order valence-electron chi connectivity index (χ3n) is 1.57. The number of hydrogen-bond donors (Lipinski definition) is 2. The molecule has 0 fully saturated rings. The summed E-state index contributed by atoms with van der Waals surface area (Å²) in [5.41, 5.74) is 5.41. The standard InChI is InChI=1S/C8H16ClNO2/c1-8(2,9)4-6(5-10)3-7(11)12/h6H,3-5,10H2,1-2H3,(H,11,12). The van der Waals surface area contributed by atoms with E-state index < -0.39 is 5.97 Å². The van der Waals surface area contributed by atoms with Crippen LogP contribution >= 0.6 is 11.6 Å². The number of carboxylic acids is 1. The molecular formula is C8H16ClNO2. The fourth-order valence-corrected chi connectivity index (χ4v) is 1.39. The largest absolute Gasteiger partial charge is 0.481 e. The maximum absolute atomic E-state index is 10.4. The number of nitrogens with two attached hydrogens (primary N) is 1. The molecule has 0 aromatic heterocycles. The van der Waals surface area contributed by atoms with Crippen LogP contribution in [0.15, 0.2) is 0 Å². The van der Waals surface area contributed by atoms with Crippen LogP contribution in [-0.2, 0) is 4.79 Å². The Morgan fingerprint density at radius 3 is 2.42 bits per heavy atom. The lowest BCUT2D eigenvalue weighted by molar-refractivity contribution is -0.138. The predicted molar refractivity (Wildman–Crippen MR) is 49.3 cm³/mol. The van der Waals surface area contributed by atoms with Crippen LogP contribution in [0.4, 0.5) is 0 Å². The molecule has 0 rings (SSSR count). The zero-order valence-electron chi connectivity index (χ0n) is 7.51. The Morgan fingerprint density at radius 1 is 1.67 bits per heavy atom. The van der Waals surface area contributed by atoms with E-state index in [1.54, 1.807) is 0 Å². The number of hydrogen-bond acceptors (Lipinski definition) is 2. The quantitative estimate of drug-likeness (QED) is 0.650. The smallest absolute Gasteiger partial charge is 0.303 e. The van der Waals surface area contributed by atoms with Crippen LogP contribution in [0.2, 0.25) is 0 Å². The molecule has 12 heavy (non-hydrogen) atoms. The number of carbonyl (C=O) groups is 1. The highest BCUT2D eigenvalue weighted by Gasteiger charge is 2.21. The highest BCUT2D eigenvalue weighted by atomic mass is 35.5. The Morgan fingerprint density at radius 2 is 2.17 bits per heavy atom. The van der Waals surface area contributed by atoms with Gasteiger partial charge in [-0.1, -0.05) is 0 Å². The van der Waals surface area contributed by atoms with Gasteiger partial charge in [0.25, 0.3) is 0 Å². The molecule has 3 nitrogen and oxygen atoms in total. The number of aliphatic carboxylic acids is 1. The van der Waals surface area contributed by atoms with Gasteiger partial charge in [-0.3, -0.25) is 4.79 Å². The molecule has 0 aromatic rings. The van der Waals surface area contributed by atoms with Crippen molar-refractivity contribution < 1.29 is 9.90 Å². The van der Waals surface area contributed by atoms with E-state index in [0.717, 1.165) is 0 Å². The summed E-state index contributed by atoms with van der Waals surface area (Å²) in [4.78, 5) is 9.99. The lowest BCUT2D eigenvalue weighted by Gasteiger charge is -2.21. The normalized spacial score (nSPS) is 14.3. The Bertz CT molecular complexity index is 154. The van der Waals surface area contributed by atoms with Crippen LogP contribution in [-0.4, -0.2) is 22.5 Å². The molecule has 0 aromatic carbocycles. The van der Waals surface area contributed by atoms with Crippen molar-refractivity contribution >= 4 is 17.6 Å². The topological polar surface area (TPSA) is 63.3 Å². The van der Waals surface area contributed by atoms with Gasteiger partial charge in [0, 0.05) is 11.3 Å². The molecule has 0 heterocycles. The van der Waals surface area contributed by atoms with E-state index in [0.29, 0.717) is 13.0 Å². The van der Waals surface area contributed by atoms with Crippen molar-refractivity contribution in [1.82, 2.24) is 0 Å². The first-order chi connectivity index (χ1) is 5.35. The van der Waals surface area contributed by atoms with Gasteiger partial charge in [-0.2, -0.15) is 0 Å². The molecule has 0 saturated carbocycles. The second-order valence-corrected chi connectivity index (χ2v) is 4.65. The van der Waals surface area contributed by atoms with Crippen LogP contribution in [0.3, 0.4) is 0 Å². The molecule has 0 spiro atoms. The number of rotatable bonds is 5. The van der Waals surface area contributed by atoms with Crippen molar-refractivity contribution in [3.05, 3.63) is 0 Å².